The van der Waals surface area contributed by atoms with Crippen molar-refractivity contribution in [1.29, 1.82) is 0 Å². The Kier molecular flexibility index (Phi) is 5.06. The number of hydrogen-bond acceptors (Lipinski definition) is 6. The Bertz CT molecular complexity index is 1250. The molecular weight excluding hydrogens is 454 g/mol. The van der Waals surface area contributed by atoms with E-state index in [4.69, 9.17) is 5.73 Å². The molecule has 2 atom stereocenters. The summed E-state index contributed by atoms with van der Waals surface area (Å²) in [5.74, 6) is -1.63. The number of amides is 1. The fourth-order valence-electron chi connectivity index (χ4n) is 4.99. The molecule has 12 heteroatoms. The van der Waals surface area contributed by atoms with Crippen LogP contribution >= 0.6 is 0 Å². The topological polar surface area (TPSA) is 103 Å². The van der Waals surface area contributed by atoms with Gasteiger partial charge in [-0.3, -0.25) is 4.79 Å². The van der Waals surface area contributed by atoms with Crippen LogP contribution in [0.5, 0.6) is 0 Å². The number of piperidine rings is 2. The number of nitrogens with two attached hydrogens (primary N) is 1. The summed E-state index contributed by atoms with van der Waals surface area (Å²) < 4.78 is 56.2. The number of nitrogens with zero attached hydrogens (tertiary/aromatic N) is 6. The molecule has 178 valence electrons. The molecule has 2 N–H and O–H groups in total. The maximum absolute atomic E-state index is 14.2. The monoisotopic (exact) mass is 475 g/mol. The van der Waals surface area contributed by atoms with Gasteiger partial charge in [-0.2, -0.15) is 28.2 Å². The molecule has 1 saturated carbocycles. The minimum atomic E-state index is -4.79. The van der Waals surface area contributed by atoms with Crippen molar-refractivity contribution in [3.05, 3.63) is 59.1 Å². The van der Waals surface area contributed by atoms with E-state index < -0.39 is 29.6 Å². The molecule has 2 aromatic heterocycles. The number of halogens is 4. The molecule has 2 aliphatic heterocycles. The Hall–Kier alpha value is -3.57. The average molecular weight is 475 g/mol. The number of alkyl halides is 3. The lowest BCUT2D eigenvalue weighted by molar-refractivity contribution is -0.144. The summed E-state index contributed by atoms with van der Waals surface area (Å²) in [5, 5.41) is 8.04. The van der Waals surface area contributed by atoms with Crippen molar-refractivity contribution in [2.24, 2.45) is 11.8 Å². The molecule has 1 aliphatic carbocycles. The van der Waals surface area contributed by atoms with Crippen LogP contribution in [0.3, 0.4) is 0 Å². The highest BCUT2D eigenvalue weighted by Gasteiger charge is 2.54. The molecule has 4 heterocycles. The van der Waals surface area contributed by atoms with E-state index in [0.29, 0.717) is 12.8 Å². The van der Waals surface area contributed by atoms with E-state index in [0.717, 1.165) is 6.07 Å². The predicted octanol–water partition coefficient (Wildman–Crippen LogP) is 3.72. The first-order chi connectivity index (χ1) is 16.1. The van der Waals surface area contributed by atoms with Crippen molar-refractivity contribution >= 4 is 11.7 Å². The van der Waals surface area contributed by atoms with Gasteiger partial charge in [-0.1, -0.05) is 6.92 Å². The third-order valence-electron chi connectivity index (χ3n) is 6.82. The van der Waals surface area contributed by atoms with E-state index in [1.165, 1.54) is 41.1 Å². The van der Waals surface area contributed by atoms with Crippen LogP contribution in [0.2, 0.25) is 0 Å². The van der Waals surface area contributed by atoms with Crippen LogP contribution in [0.4, 0.5) is 23.4 Å². The summed E-state index contributed by atoms with van der Waals surface area (Å²) in [5.41, 5.74) is 4.43. The SMILES string of the molecule is Cc1nc(C(F)(F)F)c([C@@H]2[C@H](C)C3CC(C3)N2C(=O)c2cc(F)ccc2-n2nccn2)nc1N. The Labute approximate surface area is 191 Å². The van der Waals surface area contributed by atoms with Gasteiger partial charge in [-0.15, -0.1) is 0 Å². The fourth-order valence-corrected chi connectivity index (χ4v) is 4.99. The van der Waals surface area contributed by atoms with Crippen molar-refractivity contribution in [3.63, 3.8) is 0 Å². The zero-order valence-corrected chi connectivity index (χ0v) is 18.3. The molecular formula is C22H21F4N7O. The van der Waals surface area contributed by atoms with Crippen molar-refractivity contribution in [2.75, 3.05) is 5.73 Å². The van der Waals surface area contributed by atoms with Crippen molar-refractivity contribution in [2.45, 2.75) is 44.9 Å². The maximum Gasteiger partial charge on any atom is 0.435 e. The van der Waals surface area contributed by atoms with Gasteiger partial charge in [-0.05, 0) is 49.8 Å². The molecule has 0 unspecified atom stereocenters. The molecule has 34 heavy (non-hydrogen) atoms. The molecule has 1 aromatic carbocycles. The van der Waals surface area contributed by atoms with Gasteiger partial charge in [0, 0.05) is 6.04 Å². The Morgan fingerprint density at radius 2 is 1.82 bits per heavy atom. The van der Waals surface area contributed by atoms with E-state index in [2.05, 4.69) is 20.2 Å². The second kappa shape index (κ2) is 7.74. The number of aryl methyl sites for hydroxylation is 1. The number of hydrogen-bond donors (Lipinski definition) is 1. The highest BCUT2D eigenvalue weighted by molar-refractivity contribution is 5.98. The average Bonchev–Trinajstić information content (AvgIpc) is 3.27. The van der Waals surface area contributed by atoms with Crippen LogP contribution in [0.25, 0.3) is 5.69 Å². The number of anilines is 1. The largest absolute Gasteiger partial charge is 0.435 e. The molecule has 8 nitrogen and oxygen atoms in total. The molecule has 0 radical (unpaired) electrons. The molecule has 3 aromatic rings. The van der Waals surface area contributed by atoms with Crippen LogP contribution in [0, 0.1) is 24.6 Å². The molecule has 3 fully saturated rings. The highest BCUT2D eigenvalue weighted by atomic mass is 19.4. The minimum absolute atomic E-state index is 0.0419. The lowest BCUT2D eigenvalue weighted by Crippen LogP contribution is -2.59. The second-order valence-corrected chi connectivity index (χ2v) is 8.81. The lowest BCUT2D eigenvalue weighted by Gasteiger charge is -2.57. The number of carbonyl (C=O) groups excluding carboxylic acids is 1. The van der Waals surface area contributed by atoms with Crippen LogP contribution in [0.1, 0.15) is 53.2 Å². The summed E-state index contributed by atoms with van der Waals surface area (Å²) in [6.45, 7) is 3.15. The van der Waals surface area contributed by atoms with Crippen molar-refractivity contribution in [1.82, 2.24) is 29.9 Å². The molecule has 2 saturated heterocycles. The zero-order chi connectivity index (χ0) is 24.4. The second-order valence-electron chi connectivity index (χ2n) is 8.81. The smallest absolute Gasteiger partial charge is 0.382 e. The summed E-state index contributed by atoms with van der Waals surface area (Å²) in [6, 6.07) is 2.23. The van der Waals surface area contributed by atoms with E-state index in [1.807, 2.05) is 0 Å². The van der Waals surface area contributed by atoms with Crippen LogP contribution in [-0.4, -0.2) is 41.8 Å². The van der Waals surface area contributed by atoms with Gasteiger partial charge in [0.15, 0.2) is 5.69 Å². The van der Waals surface area contributed by atoms with Crippen molar-refractivity contribution < 1.29 is 22.4 Å². The van der Waals surface area contributed by atoms with E-state index in [9.17, 15) is 22.4 Å². The number of fused-ring (bicyclic) bond motifs is 2. The third-order valence-corrected chi connectivity index (χ3v) is 6.82. The van der Waals surface area contributed by atoms with Gasteiger partial charge < -0.3 is 10.6 Å². The van der Waals surface area contributed by atoms with E-state index >= 15 is 0 Å². The standard InChI is InChI=1S/C22H21F4N7O/c1-10-12-7-14(8-12)32(18(10)17-19(22(24,25)26)30-11(2)20(27)31-17)21(34)15-9-13(23)3-4-16(15)33-28-5-6-29-33/h3-6,9-10,12,14,18H,7-8H2,1-2H3,(H2,27,31)/t10-,12?,14?,18+/m1/s1. The molecule has 0 spiro atoms. The normalized spacial score (nSPS) is 24.1. The number of rotatable bonds is 3. The van der Waals surface area contributed by atoms with Gasteiger partial charge in [0.05, 0.1) is 41.1 Å². The zero-order valence-electron chi connectivity index (χ0n) is 18.3. The summed E-state index contributed by atoms with van der Waals surface area (Å²) in [6.07, 6.45) is -0.700. The lowest BCUT2D eigenvalue weighted by atomic mass is 9.63. The third kappa shape index (κ3) is 3.48. The van der Waals surface area contributed by atoms with Crippen LogP contribution in [-0.2, 0) is 6.18 Å². The molecule has 6 rings (SSSR count). The number of carbonyl (C=O) groups is 1. The number of nitrogen functional groups attached to an aromatic ring is 1. The van der Waals surface area contributed by atoms with Crippen molar-refractivity contribution in [3.8, 4) is 5.69 Å². The van der Waals surface area contributed by atoms with Crippen LogP contribution in [0.15, 0.2) is 30.6 Å². The summed E-state index contributed by atoms with van der Waals surface area (Å²) in [4.78, 5) is 24.2. The van der Waals surface area contributed by atoms with Gasteiger partial charge in [0.25, 0.3) is 5.91 Å². The summed E-state index contributed by atoms with van der Waals surface area (Å²) in [7, 11) is 0. The predicted molar refractivity (Wildman–Crippen MR) is 112 cm³/mol. The quantitative estimate of drug-likeness (QED) is 0.580. The van der Waals surface area contributed by atoms with E-state index in [1.54, 1.807) is 6.92 Å². The first-order valence-electron chi connectivity index (χ1n) is 10.8. The summed E-state index contributed by atoms with van der Waals surface area (Å²) >= 11 is 0. The molecule has 2 bridgehead atoms. The molecule has 1 amide bonds. The van der Waals surface area contributed by atoms with Gasteiger partial charge in [0.2, 0.25) is 0 Å². The van der Waals surface area contributed by atoms with Gasteiger partial charge in [-0.25, -0.2) is 14.4 Å². The maximum atomic E-state index is 14.2. The van der Waals surface area contributed by atoms with Gasteiger partial charge in [0.1, 0.15) is 11.6 Å². The highest BCUT2D eigenvalue weighted by Crippen LogP contribution is 2.54. The van der Waals surface area contributed by atoms with E-state index in [-0.39, 0.29) is 46.3 Å². The first-order valence-corrected chi connectivity index (χ1v) is 10.8. The minimum Gasteiger partial charge on any atom is -0.382 e. The number of benzene rings is 1. The first kappa shape index (κ1) is 22.2. The fraction of sp³-hybridized carbons (Fsp3) is 0.409. The Morgan fingerprint density at radius 1 is 1.15 bits per heavy atom. The van der Waals surface area contributed by atoms with Crippen LogP contribution < -0.4 is 5.73 Å². The molecule has 3 aliphatic rings. The Morgan fingerprint density at radius 3 is 2.47 bits per heavy atom. The number of aromatic nitrogens is 5. The Balaban J connectivity index is 1.66. The van der Waals surface area contributed by atoms with Gasteiger partial charge >= 0.3 is 6.18 Å².